The number of nitrogens with one attached hydrogen (secondary N) is 2. The molecular formula is C21H22N2O3. The van der Waals surface area contributed by atoms with E-state index in [2.05, 4.69) is 22.9 Å². The first-order valence-electron chi connectivity index (χ1n) is 8.48. The molecule has 2 N–H and O–H groups in total. The fraction of sp³-hybridized carbons (Fsp3) is 0.190. The smallest absolute Gasteiger partial charge is 0.251 e. The number of fused-ring (bicyclic) bond motifs is 1. The van der Waals surface area contributed by atoms with E-state index < -0.39 is 0 Å². The van der Waals surface area contributed by atoms with Crippen LogP contribution < -0.4 is 14.8 Å². The van der Waals surface area contributed by atoms with E-state index in [0.29, 0.717) is 30.2 Å². The van der Waals surface area contributed by atoms with E-state index in [0.717, 1.165) is 11.9 Å². The number of aromatic amines is 1. The summed E-state index contributed by atoms with van der Waals surface area (Å²) in [7, 11) is 1.55. The molecule has 0 radical (unpaired) electrons. The summed E-state index contributed by atoms with van der Waals surface area (Å²) in [5, 5.41) is 4.14. The van der Waals surface area contributed by atoms with Gasteiger partial charge in [0, 0.05) is 29.2 Å². The Bertz CT molecular complexity index is 915. The van der Waals surface area contributed by atoms with Crippen molar-refractivity contribution in [3.8, 4) is 11.5 Å². The Labute approximate surface area is 152 Å². The molecule has 0 saturated carbocycles. The molecule has 0 aliphatic carbocycles. The molecule has 0 bridgehead atoms. The van der Waals surface area contributed by atoms with Gasteiger partial charge in [-0.2, -0.15) is 0 Å². The minimum absolute atomic E-state index is 0.140. The fourth-order valence-electron chi connectivity index (χ4n) is 2.83. The average molecular weight is 350 g/mol. The van der Waals surface area contributed by atoms with Gasteiger partial charge in [-0.25, -0.2) is 0 Å². The quantitative estimate of drug-likeness (QED) is 0.609. The summed E-state index contributed by atoms with van der Waals surface area (Å²) >= 11 is 0. The van der Waals surface area contributed by atoms with Gasteiger partial charge in [-0.05, 0) is 36.2 Å². The number of hydrogen-bond acceptors (Lipinski definition) is 3. The van der Waals surface area contributed by atoms with Crippen molar-refractivity contribution in [3.05, 3.63) is 72.4 Å². The number of aromatic nitrogens is 1. The Morgan fingerprint density at radius 2 is 2.08 bits per heavy atom. The van der Waals surface area contributed by atoms with E-state index >= 15 is 0 Å². The number of carbonyl (C=O) groups is 1. The van der Waals surface area contributed by atoms with Crippen molar-refractivity contribution in [1.29, 1.82) is 0 Å². The van der Waals surface area contributed by atoms with Crippen LogP contribution >= 0.6 is 0 Å². The number of ether oxygens (including phenoxy) is 2. The molecule has 1 amide bonds. The van der Waals surface area contributed by atoms with E-state index in [1.807, 2.05) is 24.4 Å². The van der Waals surface area contributed by atoms with Gasteiger partial charge >= 0.3 is 0 Å². The predicted octanol–water partition coefficient (Wildman–Crippen LogP) is 3.71. The van der Waals surface area contributed by atoms with Crippen molar-refractivity contribution in [1.82, 2.24) is 10.3 Å². The minimum Gasteiger partial charge on any atom is -0.493 e. The van der Waals surface area contributed by atoms with Gasteiger partial charge in [-0.1, -0.05) is 30.9 Å². The molecule has 0 fully saturated rings. The second-order valence-electron chi connectivity index (χ2n) is 5.83. The summed E-state index contributed by atoms with van der Waals surface area (Å²) < 4.78 is 10.8. The summed E-state index contributed by atoms with van der Waals surface area (Å²) in [5.41, 5.74) is 2.83. The molecule has 0 unspecified atom stereocenters. The third kappa shape index (κ3) is 3.88. The number of rotatable bonds is 8. The van der Waals surface area contributed by atoms with Crippen molar-refractivity contribution in [2.45, 2.75) is 6.42 Å². The molecule has 134 valence electrons. The maximum atomic E-state index is 12.4. The molecule has 26 heavy (non-hydrogen) atoms. The van der Waals surface area contributed by atoms with Crippen molar-refractivity contribution in [2.75, 3.05) is 20.3 Å². The molecule has 1 heterocycles. The van der Waals surface area contributed by atoms with Crippen molar-refractivity contribution in [3.63, 3.8) is 0 Å². The highest BCUT2D eigenvalue weighted by Gasteiger charge is 2.11. The van der Waals surface area contributed by atoms with Gasteiger partial charge in [0.05, 0.1) is 7.11 Å². The zero-order valence-corrected chi connectivity index (χ0v) is 14.7. The third-order valence-corrected chi connectivity index (χ3v) is 4.14. The Morgan fingerprint density at radius 3 is 2.88 bits per heavy atom. The molecule has 3 rings (SSSR count). The number of methoxy groups -OCH3 is 1. The lowest BCUT2D eigenvalue weighted by atomic mass is 10.1. The van der Waals surface area contributed by atoms with Gasteiger partial charge in [0.25, 0.3) is 5.91 Å². The molecule has 0 aliphatic heterocycles. The van der Waals surface area contributed by atoms with Crippen molar-refractivity contribution >= 4 is 16.8 Å². The number of hydrogen-bond donors (Lipinski definition) is 2. The predicted molar refractivity (Wildman–Crippen MR) is 103 cm³/mol. The van der Waals surface area contributed by atoms with Gasteiger partial charge in [0.1, 0.15) is 6.61 Å². The van der Waals surface area contributed by atoms with Gasteiger partial charge in [0.2, 0.25) is 0 Å². The Hall–Kier alpha value is -3.21. The van der Waals surface area contributed by atoms with E-state index in [1.165, 1.54) is 10.9 Å². The lowest BCUT2D eigenvalue weighted by Crippen LogP contribution is -2.25. The molecule has 0 spiro atoms. The van der Waals surface area contributed by atoms with E-state index in [9.17, 15) is 4.79 Å². The summed E-state index contributed by atoms with van der Waals surface area (Å²) in [4.78, 5) is 15.6. The first-order chi connectivity index (χ1) is 12.7. The van der Waals surface area contributed by atoms with E-state index in [1.54, 1.807) is 31.4 Å². The number of amides is 1. The maximum Gasteiger partial charge on any atom is 0.251 e. The van der Waals surface area contributed by atoms with Crippen LogP contribution in [-0.2, 0) is 6.42 Å². The van der Waals surface area contributed by atoms with Crippen LogP contribution in [-0.4, -0.2) is 31.2 Å². The largest absolute Gasteiger partial charge is 0.493 e. The molecule has 5 nitrogen and oxygen atoms in total. The van der Waals surface area contributed by atoms with Crippen LogP contribution in [0.5, 0.6) is 11.5 Å². The monoisotopic (exact) mass is 350 g/mol. The number of carbonyl (C=O) groups excluding carboxylic acids is 1. The Kier molecular flexibility index (Phi) is 5.59. The zero-order chi connectivity index (χ0) is 18.4. The highest BCUT2D eigenvalue weighted by Crippen LogP contribution is 2.28. The second-order valence-corrected chi connectivity index (χ2v) is 5.83. The lowest BCUT2D eigenvalue weighted by Gasteiger charge is -2.11. The molecule has 0 atom stereocenters. The van der Waals surface area contributed by atoms with E-state index in [4.69, 9.17) is 9.47 Å². The van der Waals surface area contributed by atoms with E-state index in [-0.39, 0.29) is 5.91 Å². The third-order valence-electron chi connectivity index (χ3n) is 4.14. The molecule has 3 aromatic rings. The minimum atomic E-state index is -0.140. The van der Waals surface area contributed by atoms with Crippen LogP contribution in [0.4, 0.5) is 0 Å². The number of H-pyrrole nitrogens is 1. The Balaban J connectivity index is 1.62. The topological polar surface area (TPSA) is 63.3 Å². The Morgan fingerprint density at radius 1 is 1.23 bits per heavy atom. The summed E-state index contributed by atoms with van der Waals surface area (Å²) in [5.74, 6) is 0.970. The molecular weight excluding hydrogens is 328 g/mol. The number of para-hydroxylation sites is 1. The molecule has 5 heteroatoms. The van der Waals surface area contributed by atoms with Crippen LogP contribution in [0, 0.1) is 0 Å². The van der Waals surface area contributed by atoms with Crippen LogP contribution in [0.3, 0.4) is 0 Å². The van der Waals surface area contributed by atoms with Crippen LogP contribution in [0.1, 0.15) is 15.9 Å². The zero-order valence-electron chi connectivity index (χ0n) is 14.7. The highest BCUT2D eigenvalue weighted by atomic mass is 16.5. The van der Waals surface area contributed by atoms with Crippen molar-refractivity contribution in [2.24, 2.45) is 0 Å². The van der Waals surface area contributed by atoms with Gasteiger partial charge in [-0.3, -0.25) is 4.79 Å². The normalized spacial score (nSPS) is 10.5. The van der Waals surface area contributed by atoms with Gasteiger partial charge < -0.3 is 19.8 Å². The van der Waals surface area contributed by atoms with Crippen molar-refractivity contribution < 1.29 is 14.3 Å². The lowest BCUT2D eigenvalue weighted by molar-refractivity contribution is 0.0953. The van der Waals surface area contributed by atoms with Crippen LogP contribution in [0.25, 0.3) is 10.9 Å². The second kappa shape index (κ2) is 8.25. The van der Waals surface area contributed by atoms with Gasteiger partial charge in [-0.15, -0.1) is 0 Å². The first kappa shape index (κ1) is 17.6. The van der Waals surface area contributed by atoms with Crippen LogP contribution in [0.15, 0.2) is 61.3 Å². The summed E-state index contributed by atoms with van der Waals surface area (Å²) in [6, 6.07) is 13.3. The number of benzene rings is 2. The highest BCUT2D eigenvalue weighted by molar-refractivity contribution is 5.95. The van der Waals surface area contributed by atoms with Crippen LogP contribution in [0.2, 0.25) is 0 Å². The SMILES string of the molecule is C=CCOc1ccc(C(=O)NCCc2c[nH]c3ccccc23)cc1OC. The average Bonchev–Trinajstić information content (AvgIpc) is 3.09. The maximum absolute atomic E-state index is 12.4. The molecule has 1 aromatic heterocycles. The fourth-order valence-corrected chi connectivity index (χ4v) is 2.83. The molecule has 0 aliphatic rings. The summed E-state index contributed by atoms with van der Waals surface area (Å²) in [6.45, 7) is 4.55. The molecule has 0 saturated heterocycles. The first-order valence-corrected chi connectivity index (χ1v) is 8.48. The standard InChI is InChI=1S/C21H22N2O3/c1-3-12-26-19-9-8-15(13-20(19)25-2)21(24)22-11-10-16-14-23-18-7-5-4-6-17(16)18/h3-9,13-14,23H,1,10-12H2,2H3,(H,22,24). The molecule has 2 aromatic carbocycles. The van der Waals surface area contributed by atoms with Gasteiger partial charge in [0.15, 0.2) is 11.5 Å². The summed E-state index contributed by atoms with van der Waals surface area (Å²) in [6.07, 6.45) is 4.41.